The highest BCUT2D eigenvalue weighted by molar-refractivity contribution is 5.92. The number of aryl methyl sites for hydroxylation is 1. The second-order valence-corrected chi connectivity index (χ2v) is 4.46. The molecule has 1 aromatic carbocycles. The summed E-state index contributed by atoms with van der Waals surface area (Å²) in [6.07, 6.45) is 1.65. The predicted octanol–water partition coefficient (Wildman–Crippen LogP) is 3.05. The fraction of sp³-hybridized carbons (Fsp3) is 0.250. The maximum absolute atomic E-state index is 12.4. The summed E-state index contributed by atoms with van der Waals surface area (Å²) in [5, 5.41) is 0. The first-order chi connectivity index (χ1) is 9.22. The fourth-order valence-electron chi connectivity index (χ4n) is 1.97. The van der Waals surface area contributed by atoms with Crippen molar-refractivity contribution in [2.24, 2.45) is 0 Å². The number of benzene rings is 1. The zero-order valence-corrected chi connectivity index (χ0v) is 11.3. The van der Waals surface area contributed by atoms with Gasteiger partial charge in [-0.25, -0.2) is 0 Å². The van der Waals surface area contributed by atoms with E-state index in [2.05, 4.69) is 24.0 Å². The molecule has 3 heteroatoms. The van der Waals surface area contributed by atoms with Crippen LogP contribution in [-0.4, -0.2) is 22.3 Å². The number of rotatable bonds is 4. The van der Waals surface area contributed by atoms with Crippen LogP contribution in [0.3, 0.4) is 0 Å². The summed E-state index contributed by atoms with van der Waals surface area (Å²) in [7, 11) is 0. The third-order valence-corrected chi connectivity index (χ3v) is 3.18. The Balaban J connectivity index is 2.17. The summed E-state index contributed by atoms with van der Waals surface area (Å²) in [6.45, 7) is 5.34. The Bertz CT molecular complexity index is 552. The van der Waals surface area contributed by atoms with Crippen LogP contribution in [0, 0.1) is 6.92 Å². The lowest BCUT2D eigenvalue weighted by Crippen LogP contribution is -2.31. The molecule has 0 aliphatic rings. The third-order valence-electron chi connectivity index (χ3n) is 3.18. The second kappa shape index (κ2) is 6.14. The zero-order chi connectivity index (χ0) is 13.7. The van der Waals surface area contributed by atoms with Crippen LogP contribution in [0.2, 0.25) is 0 Å². The molecule has 2 aromatic rings. The Morgan fingerprint density at radius 3 is 2.53 bits per heavy atom. The van der Waals surface area contributed by atoms with E-state index in [1.807, 2.05) is 36.1 Å². The molecule has 0 atom stereocenters. The van der Waals surface area contributed by atoms with E-state index < -0.39 is 0 Å². The van der Waals surface area contributed by atoms with Gasteiger partial charge in [0.05, 0.1) is 0 Å². The van der Waals surface area contributed by atoms with Crippen LogP contribution in [0.15, 0.2) is 48.7 Å². The van der Waals surface area contributed by atoms with E-state index in [9.17, 15) is 4.79 Å². The monoisotopic (exact) mass is 254 g/mol. The van der Waals surface area contributed by atoms with Gasteiger partial charge in [0.2, 0.25) is 0 Å². The summed E-state index contributed by atoms with van der Waals surface area (Å²) in [6, 6.07) is 13.5. The quantitative estimate of drug-likeness (QED) is 0.840. The molecule has 3 nitrogen and oxygen atoms in total. The first-order valence-electron chi connectivity index (χ1n) is 6.47. The van der Waals surface area contributed by atoms with Gasteiger partial charge in [0.25, 0.3) is 5.91 Å². The first-order valence-corrected chi connectivity index (χ1v) is 6.47. The van der Waals surface area contributed by atoms with Crippen LogP contribution in [0.4, 0.5) is 0 Å². The van der Waals surface area contributed by atoms with Crippen LogP contribution in [-0.2, 0) is 6.54 Å². The Labute approximate surface area is 113 Å². The molecule has 0 bridgehead atoms. The van der Waals surface area contributed by atoms with Crippen LogP contribution < -0.4 is 0 Å². The highest BCUT2D eigenvalue weighted by Crippen LogP contribution is 2.12. The smallest absolute Gasteiger partial charge is 0.272 e. The summed E-state index contributed by atoms with van der Waals surface area (Å²) < 4.78 is 0. The van der Waals surface area contributed by atoms with Crippen molar-refractivity contribution < 1.29 is 4.79 Å². The molecule has 0 unspecified atom stereocenters. The van der Waals surface area contributed by atoms with Gasteiger partial charge in [-0.05, 0) is 37.1 Å². The van der Waals surface area contributed by atoms with Gasteiger partial charge in [-0.3, -0.25) is 9.78 Å². The van der Waals surface area contributed by atoms with Crippen molar-refractivity contribution in [3.8, 4) is 0 Å². The van der Waals surface area contributed by atoms with Crippen LogP contribution >= 0.6 is 0 Å². The normalized spacial score (nSPS) is 10.2. The molecule has 0 fully saturated rings. The van der Waals surface area contributed by atoms with Crippen molar-refractivity contribution in [2.45, 2.75) is 20.4 Å². The minimum Gasteiger partial charge on any atom is -0.333 e. The molecule has 0 spiro atoms. The molecular formula is C16H18N2O. The Hall–Kier alpha value is -2.16. The molecule has 0 aliphatic heterocycles. The molecule has 0 aliphatic carbocycles. The number of aromatic nitrogens is 1. The molecule has 0 saturated carbocycles. The van der Waals surface area contributed by atoms with E-state index in [1.54, 1.807) is 12.3 Å². The highest BCUT2D eigenvalue weighted by Gasteiger charge is 2.15. The minimum absolute atomic E-state index is 0.0219. The van der Waals surface area contributed by atoms with Crippen molar-refractivity contribution in [3.05, 3.63) is 65.5 Å². The van der Waals surface area contributed by atoms with Gasteiger partial charge in [-0.15, -0.1) is 0 Å². The SMILES string of the molecule is CCN(Cc1ccccc1C)C(=O)c1ccccn1. The van der Waals surface area contributed by atoms with Gasteiger partial charge < -0.3 is 4.90 Å². The van der Waals surface area contributed by atoms with E-state index in [1.165, 1.54) is 11.1 Å². The van der Waals surface area contributed by atoms with E-state index >= 15 is 0 Å². The summed E-state index contributed by atoms with van der Waals surface area (Å²) in [5.74, 6) is -0.0219. The van der Waals surface area contributed by atoms with Crippen molar-refractivity contribution in [2.75, 3.05) is 6.54 Å². The van der Waals surface area contributed by atoms with Gasteiger partial charge in [0.15, 0.2) is 0 Å². The summed E-state index contributed by atoms with van der Waals surface area (Å²) >= 11 is 0. The Morgan fingerprint density at radius 2 is 1.89 bits per heavy atom. The van der Waals surface area contributed by atoms with E-state index in [0.29, 0.717) is 18.8 Å². The molecule has 1 aromatic heterocycles. The molecule has 98 valence electrons. The molecule has 1 amide bonds. The molecule has 0 saturated heterocycles. The van der Waals surface area contributed by atoms with E-state index in [0.717, 1.165) is 0 Å². The van der Waals surface area contributed by atoms with Gasteiger partial charge in [-0.2, -0.15) is 0 Å². The van der Waals surface area contributed by atoms with Crippen molar-refractivity contribution >= 4 is 5.91 Å². The maximum atomic E-state index is 12.4. The minimum atomic E-state index is -0.0219. The number of nitrogens with zero attached hydrogens (tertiary/aromatic N) is 2. The fourth-order valence-corrected chi connectivity index (χ4v) is 1.97. The topological polar surface area (TPSA) is 33.2 Å². The average molecular weight is 254 g/mol. The number of amides is 1. The van der Waals surface area contributed by atoms with Crippen molar-refractivity contribution in [1.29, 1.82) is 0 Å². The number of carbonyl (C=O) groups is 1. The van der Waals surface area contributed by atoms with Crippen molar-refractivity contribution in [3.63, 3.8) is 0 Å². The molecule has 19 heavy (non-hydrogen) atoms. The zero-order valence-electron chi connectivity index (χ0n) is 11.3. The predicted molar refractivity (Wildman–Crippen MR) is 75.8 cm³/mol. The number of carbonyl (C=O) groups excluding carboxylic acids is 1. The third kappa shape index (κ3) is 3.19. The van der Waals surface area contributed by atoms with Gasteiger partial charge in [0.1, 0.15) is 5.69 Å². The molecular weight excluding hydrogens is 236 g/mol. The van der Waals surface area contributed by atoms with E-state index in [4.69, 9.17) is 0 Å². The molecule has 0 radical (unpaired) electrons. The standard InChI is InChI=1S/C16H18N2O/c1-3-18(12-14-9-5-4-8-13(14)2)16(19)15-10-6-7-11-17-15/h4-11H,3,12H2,1-2H3. The number of pyridine rings is 1. The Morgan fingerprint density at radius 1 is 1.16 bits per heavy atom. The van der Waals surface area contributed by atoms with Crippen molar-refractivity contribution in [1.82, 2.24) is 9.88 Å². The second-order valence-electron chi connectivity index (χ2n) is 4.46. The summed E-state index contributed by atoms with van der Waals surface area (Å²) in [4.78, 5) is 18.3. The Kier molecular flexibility index (Phi) is 4.29. The number of hydrogen-bond acceptors (Lipinski definition) is 2. The van der Waals surface area contributed by atoms with E-state index in [-0.39, 0.29) is 5.91 Å². The maximum Gasteiger partial charge on any atom is 0.272 e. The van der Waals surface area contributed by atoms with Crippen LogP contribution in [0.5, 0.6) is 0 Å². The lowest BCUT2D eigenvalue weighted by molar-refractivity contribution is 0.0746. The summed E-state index contributed by atoms with van der Waals surface area (Å²) in [5.41, 5.74) is 2.88. The first kappa shape index (κ1) is 13.3. The molecule has 0 N–H and O–H groups in total. The largest absolute Gasteiger partial charge is 0.333 e. The van der Waals surface area contributed by atoms with Gasteiger partial charge in [-0.1, -0.05) is 30.3 Å². The lowest BCUT2D eigenvalue weighted by atomic mass is 10.1. The van der Waals surface area contributed by atoms with Gasteiger partial charge >= 0.3 is 0 Å². The highest BCUT2D eigenvalue weighted by atomic mass is 16.2. The van der Waals surface area contributed by atoms with Crippen LogP contribution in [0.25, 0.3) is 0 Å². The average Bonchev–Trinajstić information content (AvgIpc) is 2.47. The van der Waals surface area contributed by atoms with Crippen LogP contribution in [0.1, 0.15) is 28.5 Å². The molecule has 2 rings (SSSR count). The van der Waals surface area contributed by atoms with Gasteiger partial charge in [0, 0.05) is 19.3 Å². The lowest BCUT2D eigenvalue weighted by Gasteiger charge is -2.21. The molecule has 1 heterocycles. The number of hydrogen-bond donors (Lipinski definition) is 0.